The molecule has 3 aliphatic rings. The van der Waals surface area contributed by atoms with E-state index >= 15 is 0 Å². The van der Waals surface area contributed by atoms with E-state index in [1.165, 1.54) is 0 Å². The summed E-state index contributed by atoms with van der Waals surface area (Å²) in [7, 11) is 0. The molecule has 0 aromatic heterocycles. The van der Waals surface area contributed by atoms with Crippen LogP contribution >= 0.6 is 22.6 Å². The van der Waals surface area contributed by atoms with Crippen molar-refractivity contribution >= 4 is 34.4 Å². The van der Waals surface area contributed by atoms with Crippen molar-refractivity contribution in [3.63, 3.8) is 0 Å². The monoisotopic (exact) mass is 504 g/mol. The zero-order chi connectivity index (χ0) is 20.0. The molecule has 5 rings (SSSR count). The quantitative estimate of drug-likeness (QED) is 0.604. The Balaban J connectivity index is 1.18. The maximum Gasteiger partial charge on any atom is 0.255 e. The van der Waals surface area contributed by atoms with Crippen LogP contribution in [0.4, 0.5) is 0 Å². The summed E-state index contributed by atoms with van der Waals surface area (Å²) in [6.07, 6.45) is 0.875. The van der Waals surface area contributed by atoms with Crippen LogP contribution in [-0.4, -0.2) is 54.6 Å². The van der Waals surface area contributed by atoms with Crippen LogP contribution in [0.1, 0.15) is 28.3 Å². The fourth-order valence-corrected chi connectivity index (χ4v) is 4.77. The predicted octanol–water partition coefficient (Wildman–Crippen LogP) is 3.11. The summed E-state index contributed by atoms with van der Waals surface area (Å²) >= 11 is 2.19. The molecule has 1 saturated heterocycles. The van der Waals surface area contributed by atoms with Crippen molar-refractivity contribution in [1.29, 1.82) is 0 Å². The van der Waals surface area contributed by atoms with Crippen molar-refractivity contribution in [2.24, 2.45) is 5.92 Å². The van der Waals surface area contributed by atoms with Gasteiger partial charge in [0.1, 0.15) is 0 Å². The molecule has 29 heavy (non-hydrogen) atoms. The molecule has 0 spiro atoms. The van der Waals surface area contributed by atoms with Crippen LogP contribution in [0.5, 0.6) is 11.5 Å². The fraction of sp³-hybridized carbons (Fsp3) is 0.364. The molecular weight excluding hydrogens is 483 g/mol. The van der Waals surface area contributed by atoms with Gasteiger partial charge >= 0.3 is 0 Å². The molecule has 2 fully saturated rings. The van der Waals surface area contributed by atoms with Crippen LogP contribution < -0.4 is 9.47 Å². The first-order valence-corrected chi connectivity index (χ1v) is 10.9. The number of piperazine rings is 1. The number of benzene rings is 2. The van der Waals surface area contributed by atoms with Gasteiger partial charge in [0.2, 0.25) is 12.7 Å². The lowest BCUT2D eigenvalue weighted by Crippen LogP contribution is -2.51. The van der Waals surface area contributed by atoms with E-state index in [0.29, 0.717) is 26.2 Å². The first-order valence-electron chi connectivity index (χ1n) is 9.84. The molecule has 2 aromatic carbocycles. The number of nitrogens with zero attached hydrogens (tertiary/aromatic N) is 2. The standard InChI is InChI=1S/C22H21IN2O4/c23-18-4-2-1-3-15(18)21(26)24-7-9-25(10-8-24)22(27)17-12-16(17)14-5-6-19-20(11-14)29-13-28-19/h1-6,11,16-17H,7-10,12-13H2. The summed E-state index contributed by atoms with van der Waals surface area (Å²) in [5.41, 5.74) is 1.87. The molecular formula is C22H21IN2O4. The van der Waals surface area contributed by atoms with Gasteiger partial charge in [-0.05, 0) is 64.8 Å². The van der Waals surface area contributed by atoms with Gasteiger partial charge in [0.25, 0.3) is 5.91 Å². The molecule has 2 unspecified atom stereocenters. The molecule has 0 N–H and O–H groups in total. The highest BCUT2D eigenvalue weighted by atomic mass is 127. The number of hydrogen-bond acceptors (Lipinski definition) is 4. The summed E-state index contributed by atoms with van der Waals surface area (Å²) in [6, 6.07) is 13.6. The Morgan fingerprint density at radius 3 is 2.45 bits per heavy atom. The van der Waals surface area contributed by atoms with Gasteiger partial charge in [0.15, 0.2) is 11.5 Å². The number of amides is 2. The van der Waals surface area contributed by atoms with Crippen molar-refractivity contribution < 1.29 is 19.1 Å². The van der Waals surface area contributed by atoms with Gasteiger partial charge in [-0.3, -0.25) is 9.59 Å². The molecule has 1 aliphatic carbocycles. The molecule has 6 nitrogen and oxygen atoms in total. The summed E-state index contributed by atoms with van der Waals surface area (Å²) < 4.78 is 11.8. The lowest BCUT2D eigenvalue weighted by Gasteiger charge is -2.35. The molecule has 2 atom stereocenters. The third kappa shape index (κ3) is 3.56. The van der Waals surface area contributed by atoms with E-state index in [4.69, 9.17) is 9.47 Å². The molecule has 2 amide bonds. The van der Waals surface area contributed by atoms with Crippen LogP contribution in [-0.2, 0) is 4.79 Å². The second kappa shape index (κ2) is 7.51. The lowest BCUT2D eigenvalue weighted by atomic mass is 10.1. The zero-order valence-electron chi connectivity index (χ0n) is 15.8. The van der Waals surface area contributed by atoms with Crippen LogP contribution in [0, 0.1) is 9.49 Å². The average Bonchev–Trinajstić information content (AvgIpc) is 3.42. The Labute approximate surface area is 182 Å². The van der Waals surface area contributed by atoms with E-state index in [-0.39, 0.29) is 30.4 Å². The highest BCUT2D eigenvalue weighted by molar-refractivity contribution is 14.1. The number of carbonyl (C=O) groups excluding carboxylic acids is 2. The summed E-state index contributed by atoms with van der Waals surface area (Å²) in [4.78, 5) is 29.5. The van der Waals surface area contributed by atoms with E-state index in [9.17, 15) is 9.59 Å². The van der Waals surface area contributed by atoms with Crippen molar-refractivity contribution in [2.75, 3.05) is 33.0 Å². The first-order chi connectivity index (χ1) is 14.1. The molecule has 2 aliphatic heterocycles. The Hall–Kier alpha value is -2.29. The minimum atomic E-state index is 0.0349. The molecule has 1 saturated carbocycles. The highest BCUT2D eigenvalue weighted by Gasteiger charge is 2.46. The van der Waals surface area contributed by atoms with E-state index in [2.05, 4.69) is 22.6 Å². The van der Waals surface area contributed by atoms with Crippen LogP contribution in [0.15, 0.2) is 42.5 Å². The number of fused-ring (bicyclic) bond motifs is 1. The molecule has 150 valence electrons. The maximum atomic E-state index is 12.9. The van der Waals surface area contributed by atoms with Gasteiger partial charge in [-0.1, -0.05) is 18.2 Å². The fourth-order valence-electron chi connectivity index (χ4n) is 4.15. The van der Waals surface area contributed by atoms with Gasteiger partial charge in [-0.2, -0.15) is 0 Å². The smallest absolute Gasteiger partial charge is 0.255 e. The third-order valence-corrected chi connectivity index (χ3v) is 6.86. The summed E-state index contributed by atoms with van der Waals surface area (Å²) in [5.74, 6) is 2.07. The van der Waals surface area contributed by atoms with Crippen molar-refractivity contribution in [3.8, 4) is 11.5 Å². The minimum Gasteiger partial charge on any atom is -0.454 e. The molecule has 0 bridgehead atoms. The normalized spacial score (nSPS) is 22.5. The number of carbonyl (C=O) groups is 2. The SMILES string of the molecule is O=C(c1ccccc1I)N1CCN(C(=O)C2CC2c2ccc3c(c2)OCO3)CC1. The van der Waals surface area contributed by atoms with E-state index < -0.39 is 0 Å². The number of rotatable bonds is 3. The molecule has 2 aromatic rings. The van der Waals surface area contributed by atoms with Crippen molar-refractivity contribution in [1.82, 2.24) is 9.80 Å². The highest BCUT2D eigenvalue weighted by Crippen LogP contribution is 2.50. The maximum absolute atomic E-state index is 12.9. The second-order valence-corrected chi connectivity index (χ2v) is 8.82. The number of ether oxygens (including phenoxy) is 2. The summed E-state index contributed by atoms with van der Waals surface area (Å²) in [6.45, 7) is 2.61. The third-order valence-electron chi connectivity index (χ3n) is 5.92. The van der Waals surface area contributed by atoms with E-state index in [1.807, 2.05) is 52.3 Å². The second-order valence-electron chi connectivity index (χ2n) is 7.66. The minimum absolute atomic E-state index is 0.0349. The molecule has 0 radical (unpaired) electrons. The van der Waals surface area contributed by atoms with Gasteiger partial charge in [-0.25, -0.2) is 0 Å². The van der Waals surface area contributed by atoms with Gasteiger partial charge in [-0.15, -0.1) is 0 Å². The zero-order valence-corrected chi connectivity index (χ0v) is 18.0. The Morgan fingerprint density at radius 2 is 1.66 bits per heavy atom. The number of halogens is 1. The first kappa shape index (κ1) is 18.7. The topological polar surface area (TPSA) is 59.1 Å². The van der Waals surface area contributed by atoms with Crippen molar-refractivity contribution in [3.05, 3.63) is 57.2 Å². The van der Waals surface area contributed by atoms with Crippen LogP contribution in [0.25, 0.3) is 0 Å². The lowest BCUT2D eigenvalue weighted by molar-refractivity contribution is -0.134. The van der Waals surface area contributed by atoms with Crippen LogP contribution in [0.3, 0.4) is 0 Å². The van der Waals surface area contributed by atoms with Gasteiger partial charge in [0.05, 0.1) is 5.56 Å². The Bertz CT molecular complexity index is 971. The van der Waals surface area contributed by atoms with Crippen LogP contribution in [0.2, 0.25) is 0 Å². The average molecular weight is 504 g/mol. The largest absolute Gasteiger partial charge is 0.454 e. The predicted molar refractivity (Wildman–Crippen MR) is 115 cm³/mol. The Morgan fingerprint density at radius 1 is 0.931 bits per heavy atom. The molecule has 7 heteroatoms. The molecule has 2 heterocycles. The van der Waals surface area contributed by atoms with E-state index in [1.54, 1.807) is 0 Å². The van der Waals surface area contributed by atoms with Gasteiger partial charge in [0, 0.05) is 35.7 Å². The van der Waals surface area contributed by atoms with Gasteiger partial charge < -0.3 is 19.3 Å². The van der Waals surface area contributed by atoms with E-state index in [0.717, 1.165) is 32.6 Å². The number of hydrogen-bond donors (Lipinski definition) is 0. The summed E-state index contributed by atoms with van der Waals surface area (Å²) in [5, 5.41) is 0. The Kier molecular flexibility index (Phi) is 4.85. The van der Waals surface area contributed by atoms with Crippen molar-refractivity contribution in [2.45, 2.75) is 12.3 Å².